The first-order valence-electron chi connectivity index (χ1n) is 5.17. The topological polar surface area (TPSA) is 30.5 Å². The molecule has 0 amide bonds. The number of hydrogen-bond acceptors (Lipinski definition) is 3. The summed E-state index contributed by atoms with van der Waals surface area (Å²) in [5, 5.41) is 3.99. The molecule has 2 aliphatic heterocycles. The summed E-state index contributed by atoms with van der Waals surface area (Å²) in [5.74, 6) is 1.46. The average molecular weight is 226 g/mol. The maximum absolute atomic E-state index is 6.14. The molecule has 1 fully saturated rings. The quantitative estimate of drug-likeness (QED) is 0.795. The van der Waals surface area contributed by atoms with Gasteiger partial charge >= 0.3 is 0 Å². The molecule has 1 N–H and O–H groups in total. The minimum atomic E-state index is 0.429. The van der Waals surface area contributed by atoms with Crippen LogP contribution in [0.25, 0.3) is 0 Å². The molecule has 3 nitrogen and oxygen atoms in total. The Bertz CT molecular complexity index is 390. The molecule has 1 atom stereocenters. The lowest BCUT2D eigenvalue weighted by Gasteiger charge is -2.29. The van der Waals surface area contributed by atoms with Gasteiger partial charge in [0.05, 0.1) is 5.02 Å². The van der Waals surface area contributed by atoms with Crippen LogP contribution < -0.4 is 14.8 Å². The van der Waals surface area contributed by atoms with Crippen molar-refractivity contribution in [2.24, 2.45) is 0 Å². The second kappa shape index (κ2) is 3.58. The third-order valence-electron chi connectivity index (χ3n) is 2.85. The number of rotatable bonds is 1. The fourth-order valence-corrected chi connectivity index (χ4v) is 2.18. The van der Waals surface area contributed by atoms with E-state index < -0.39 is 0 Å². The van der Waals surface area contributed by atoms with Crippen molar-refractivity contribution in [3.05, 3.63) is 22.7 Å². The molecule has 80 valence electrons. The van der Waals surface area contributed by atoms with E-state index in [1.54, 1.807) is 0 Å². The lowest BCUT2D eigenvalue weighted by Crippen LogP contribution is -2.35. The van der Waals surface area contributed by atoms with Gasteiger partial charge in [0.2, 0.25) is 0 Å². The smallest absolute Gasteiger partial charge is 0.179 e. The highest BCUT2D eigenvalue weighted by molar-refractivity contribution is 6.32. The van der Waals surface area contributed by atoms with Crippen molar-refractivity contribution in [3.63, 3.8) is 0 Å². The highest BCUT2D eigenvalue weighted by Crippen LogP contribution is 2.40. The molecule has 1 aromatic rings. The Morgan fingerprint density at radius 1 is 1.27 bits per heavy atom. The van der Waals surface area contributed by atoms with Gasteiger partial charge in [-0.25, -0.2) is 0 Å². The summed E-state index contributed by atoms with van der Waals surface area (Å²) >= 11 is 6.14. The fraction of sp³-hybridized carbons (Fsp3) is 0.455. The van der Waals surface area contributed by atoms with Gasteiger partial charge in [-0.15, -0.1) is 0 Å². The predicted molar refractivity (Wildman–Crippen MR) is 57.8 cm³/mol. The van der Waals surface area contributed by atoms with Crippen molar-refractivity contribution >= 4 is 11.6 Å². The minimum Gasteiger partial charge on any atom is -0.486 e. The van der Waals surface area contributed by atoms with Crippen LogP contribution in [0.5, 0.6) is 11.5 Å². The van der Waals surface area contributed by atoms with Gasteiger partial charge in [0.1, 0.15) is 13.2 Å². The van der Waals surface area contributed by atoms with E-state index in [4.69, 9.17) is 21.1 Å². The summed E-state index contributed by atoms with van der Waals surface area (Å²) < 4.78 is 11.0. The van der Waals surface area contributed by atoms with Crippen molar-refractivity contribution in [1.82, 2.24) is 5.32 Å². The zero-order chi connectivity index (χ0) is 10.3. The lowest BCUT2D eigenvalue weighted by molar-refractivity contribution is 0.171. The molecule has 3 rings (SSSR count). The average Bonchev–Trinajstić information content (AvgIpc) is 2.15. The van der Waals surface area contributed by atoms with E-state index in [0.29, 0.717) is 30.0 Å². The van der Waals surface area contributed by atoms with E-state index in [1.807, 2.05) is 12.1 Å². The van der Waals surface area contributed by atoms with Crippen molar-refractivity contribution in [3.8, 4) is 11.5 Å². The molecule has 15 heavy (non-hydrogen) atoms. The second-order valence-corrected chi connectivity index (χ2v) is 4.23. The van der Waals surface area contributed by atoms with Gasteiger partial charge in [0.15, 0.2) is 11.5 Å². The Hall–Kier alpha value is -0.930. The van der Waals surface area contributed by atoms with Crippen molar-refractivity contribution in [1.29, 1.82) is 0 Å². The Kier molecular flexibility index (Phi) is 2.22. The molecular formula is C11H12ClNO2. The minimum absolute atomic E-state index is 0.429. The monoisotopic (exact) mass is 225 g/mol. The SMILES string of the molecule is Clc1cc(C2CCN2)cc2c1OCCO2. The molecule has 1 unspecified atom stereocenters. The fourth-order valence-electron chi connectivity index (χ4n) is 1.91. The Labute approximate surface area is 93.3 Å². The van der Waals surface area contributed by atoms with Crippen LogP contribution in [0.1, 0.15) is 18.0 Å². The summed E-state index contributed by atoms with van der Waals surface area (Å²) in [5.41, 5.74) is 1.19. The number of fused-ring (bicyclic) bond motifs is 1. The van der Waals surface area contributed by atoms with Crippen LogP contribution in [0.4, 0.5) is 0 Å². The van der Waals surface area contributed by atoms with Gasteiger partial charge < -0.3 is 14.8 Å². The Balaban J connectivity index is 2.00. The highest BCUT2D eigenvalue weighted by Gasteiger charge is 2.23. The molecule has 4 heteroatoms. The highest BCUT2D eigenvalue weighted by atomic mass is 35.5. The van der Waals surface area contributed by atoms with Crippen molar-refractivity contribution in [2.75, 3.05) is 19.8 Å². The first-order valence-corrected chi connectivity index (χ1v) is 5.55. The van der Waals surface area contributed by atoms with Gasteiger partial charge in [0.25, 0.3) is 0 Å². The van der Waals surface area contributed by atoms with Gasteiger partial charge in [-0.3, -0.25) is 0 Å². The molecule has 1 aromatic carbocycles. The van der Waals surface area contributed by atoms with Crippen LogP contribution in [0.2, 0.25) is 5.02 Å². The lowest BCUT2D eigenvalue weighted by atomic mass is 9.97. The number of ether oxygens (including phenoxy) is 2. The summed E-state index contributed by atoms with van der Waals surface area (Å²) in [7, 11) is 0. The van der Waals surface area contributed by atoms with E-state index in [9.17, 15) is 0 Å². The molecule has 0 aromatic heterocycles. The summed E-state index contributed by atoms with van der Waals surface area (Å²) in [6.07, 6.45) is 1.16. The molecule has 1 saturated heterocycles. The number of hydrogen-bond donors (Lipinski definition) is 1. The van der Waals surface area contributed by atoms with Crippen LogP contribution in [0, 0.1) is 0 Å². The van der Waals surface area contributed by atoms with Gasteiger partial charge in [0, 0.05) is 6.04 Å². The Morgan fingerprint density at radius 2 is 2.07 bits per heavy atom. The number of nitrogens with one attached hydrogen (secondary N) is 1. The molecule has 2 aliphatic rings. The van der Waals surface area contributed by atoms with Crippen LogP contribution in [0.3, 0.4) is 0 Å². The molecule has 0 spiro atoms. The Morgan fingerprint density at radius 3 is 2.80 bits per heavy atom. The third-order valence-corrected chi connectivity index (χ3v) is 3.13. The zero-order valence-electron chi connectivity index (χ0n) is 8.25. The van der Waals surface area contributed by atoms with Gasteiger partial charge in [-0.1, -0.05) is 11.6 Å². The standard InChI is InChI=1S/C11H12ClNO2/c12-8-5-7(9-1-2-13-9)6-10-11(8)15-4-3-14-10/h5-6,9,13H,1-4H2. The van der Waals surface area contributed by atoms with E-state index in [2.05, 4.69) is 5.32 Å². The number of benzene rings is 1. The maximum Gasteiger partial charge on any atom is 0.179 e. The maximum atomic E-state index is 6.14. The molecule has 0 aliphatic carbocycles. The summed E-state index contributed by atoms with van der Waals surface area (Å²) in [6, 6.07) is 4.42. The van der Waals surface area contributed by atoms with Crippen molar-refractivity contribution < 1.29 is 9.47 Å². The van der Waals surface area contributed by atoms with Crippen LogP contribution in [0.15, 0.2) is 12.1 Å². The largest absolute Gasteiger partial charge is 0.486 e. The normalized spacial score (nSPS) is 23.4. The molecule has 2 heterocycles. The molecule has 0 bridgehead atoms. The van der Waals surface area contributed by atoms with Crippen molar-refractivity contribution in [2.45, 2.75) is 12.5 Å². The van der Waals surface area contributed by atoms with E-state index in [-0.39, 0.29) is 0 Å². The predicted octanol–water partition coefficient (Wildman–Crippen LogP) is 2.15. The molecule has 0 saturated carbocycles. The first kappa shape index (κ1) is 9.31. The van der Waals surface area contributed by atoms with E-state index in [0.717, 1.165) is 18.7 Å². The first-order chi connectivity index (χ1) is 7.34. The van der Waals surface area contributed by atoms with E-state index in [1.165, 1.54) is 5.56 Å². The molecular weight excluding hydrogens is 214 g/mol. The summed E-state index contributed by atoms with van der Waals surface area (Å²) in [6.45, 7) is 2.26. The van der Waals surface area contributed by atoms with Crippen LogP contribution in [-0.4, -0.2) is 19.8 Å². The summed E-state index contributed by atoms with van der Waals surface area (Å²) in [4.78, 5) is 0. The second-order valence-electron chi connectivity index (χ2n) is 3.82. The van der Waals surface area contributed by atoms with E-state index >= 15 is 0 Å². The van der Waals surface area contributed by atoms with Crippen LogP contribution >= 0.6 is 11.6 Å². The van der Waals surface area contributed by atoms with Gasteiger partial charge in [-0.05, 0) is 30.7 Å². The molecule has 0 radical (unpaired) electrons. The van der Waals surface area contributed by atoms with Crippen LogP contribution in [-0.2, 0) is 0 Å². The third kappa shape index (κ3) is 1.56. The van der Waals surface area contributed by atoms with Gasteiger partial charge in [-0.2, -0.15) is 0 Å². The zero-order valence-corrected chi connectivity index (χ0v) is 9.01. The number of halogens is 1.